The summed E-state index contributed by atoms with van der Waals surface area (Å²) in [4.78, 5) is 16.8. The SMILES string of the molecule is O=C([C@H]1CCCO1)N1CCCN(Cc2ccsc2)CC1. The molecule has 1 aromatic heterocycles. The second-order valence-corrected chi connectivity index (χ2v) is 6.37. The molecule has 1 atom stereocenters. The van der Waals surface area contributed by atoms with Gasteiger partial charge >= 0.3 is 0 Å². The third-order valence-electron chi connectivity index (χ3n) is 4.09. The maximum absolute atomic E-state index is 12.4. The minimum atomic E-state index is -0.168. The van der Waals surface area contributed by atoms with Crippen LogP contribution in [-0.4, -0.2) is 54.6 Å². The lowest BCUT2D eigenvalue weighted by Crippen LogP contribution is -2.41. The van der Waals surface area contributed by atoms with Gasteiger partial charge in [0.25, 0.3) is 5.91 Å². The van der Waals surface area contributed by atoms with Gasteiger partial charge < -0.3 is 9.64 Å². The van der Waals surface area contributed by atoms with Crippen LogP contribution >= 0.6 is 11.3 Å². The van der Waals surface area contributed by atoms with Crippen LogP contribution in [0.2, 0.25) is 0 Å². The highest BCUT2D eigenvalue weighted by molar-refractivity contribution is 7.07. The molecule has 0 N–H and O–H groups in total. The number of carbonyl (C=O) groups excluding carboxylic acids is 1. The Labute approximate surface area is 124 Å². The molecule has 0 radical (unpaired) electrons. The quantitative estimate of drug-likeness (QED) is 0.854. The zero-order valence-electron chi connectivity index (χ0n) is 11.8. The van der Waals surface area contributed by atoms with E-state index in [2.05, 4.69) is 21.7 Å². The molecule has 0 aliphatic carbocycles. The second-order valence-electron chi connectivity index (χ2n) is 5.59. The first-order chi connectivity index (χ1) is 9.83. The standard InChI is InChI=1S/C15H22N2O2S/c18-15(14-3-1-9-19-14)17-6-2-5-16(7-8-17)11-13-4-10-20-12-13/h4,10,12,14H,1-3,5-9,11H2/t14-/m1/s1. The molecule has 0 unspecified atom stereocenters. The van der Waals surface area contributed by atoms with E-state index in [4.69, 9.17) is 4.74 Å². The number of amides is 1. The summed E-state index contributed by atoms with van der Waals surface area (Å²) in [5, 5.41) is 4.33. The Balaban J connectivity index is 1.52. The van der Waals surface area contributed by atoms with Gasteiger partial charge in [0.05, 0.1) is 0 Å². The van der Waals surface area contributed by atoms with E-state index < -0.39 is 0 Å². The average Bonchev–Trinajstić information content (AvgIpc) is 3.10. The number of hydrogen-bond acceptors (Lipinski definition) is 4. The van der Waals surface area contributed by atoms with E-state index in [0.717, 1.165) is 58.6 Å². The normalized spacial score (nSPS) is 24.8. The van der Waals surface area contributed by atoms with Crippen LogP contribution in [0.5, 0.6) is 0 Å². The summed E-state index contributed by atoms with van der Waals surface area (Å²) in [5.74, 6) is 0.208. The van der Waals surface area contributed by atoms with Gasteiger partial charge in [-0.15, -0.1) is 0 Å². The highest BCUT2D eigenvalue weighted by atomic mass is 32.1. The predicted molar refractivity (Wildman–Crippen MR) is 79.8 cm³/mol. The summed E-state index contributed by atoms with van der Waals surface area (Å²) in [7, 11) is 0. The minimum absolute atomic E-state index is 0.168. The molecular weight excluding hydrogens is 272 g/mol. The van der Waals surface area contributed by atoms with Gasteiger partial charge in [-0.05, 0) is 41.7 Å². The molecule has 2 aliphatic heterocycles. The first-order valence-corrected chi connectivity index (χ1v) is 8.41. The topological polar surface area (TPSA) is 32.8 Å². The Bertz CT molecular complexity index is 429. The molecule has 0 spiro atoms. The Morgan fingerprint density at radius 3 is 3.00 bits per heavy atom. The molecule has 1 amide bonds. The first kappa shape index (κ1) is 14.0. The monoisotopic (exact) mass is 294 g/mol. The van der Waals surface area contributed by atoms with Crippen molar-refractivity contribution in [2.45, 2.75) is 31.9 Å². The summed E-state index contributed by atoms with van der Waals surface area (Å²) < 4.78 is 5.52. The third-order valence-corrected chi connectivity index (χ3v) is 4.82. The highest BCUT2D eigenvalue weighted by Crippen LogP contribution is 2.17. The maximum Gasteiger partial charge on any atom is 0.251 e. The molecule has 3 heterocycles. The molecule has 2 saturated heterocycles. The van der Waals surface area contributed by atoms with Crippen molar-refractivity contribution >= 4 is 17.2 Å². The van der Waals surface area contributed by atoms with Crippen molar-refractivity contribution in [3.8, 4) is 0 Å². The van der Waals surface area contributed by atoms with E-state index in [-0.39, 0.29) is 12.0 Å². The lowest BCUT2D eigenvalue weighted by molar-refractivity contribution is -0.140. The Kier molecular flexibility index (Phi) is 4.70. The molecule has 4 nitrogen and oxygen atoms in total. The van der Waals surface area contributed by atoms with E-state index in [1.165, 1.54) is 5.56 Å². The molecule has 5 heteroatoms. The van der Waals surface area contributed by atoms with Crippen LogP contribution in [0.25, 0.3) is 0 Å². The molecular formula is C15H22N2O2S. The number of rotatable bonds is 3. The van der Waals surface area contributed by atoms with E-state index in [0.29, 0.717) is 0 Å². The number of nitrogens with zero attached hydrogens (tertiary/aromatic N) is 2. The van der Waals surface area contributed by atoms with Crippen molar-refractivity contribution in [2.75, 3.05) is 32.8 Å². The fraction of sp³-hybridized carbons (Fsp3) is 0.667. The fourth-order valence-electron chi connectivity index (χ4n) is 2.97. The number of hydrogen-bond donors (Lipinski definition) is 0. The zero-order chi connectivity index (χ0) is 13.8. The number of carbonyl (C=O) groups is 1. The minimum Gasteiger partial charge on any atom is -0.368 e. The van der Waals surface area contributed by atoms with Crippen molar-refractivity contribution < 1.29 is 9.53 Å². The molecule has 1 aromatic rings. The van der Waals surface area contributed by atoms with Gasteiger partial charge in [-0.25, -0.2) is 0 Å². The summed E-state index contributed by atoms with van der Waals surface area (Å²) >= 11 is 1.75. The molecule has 0 aromatic carbocycles. The maximum atomic E-state index is 12.4. The Morgan fingerprint density at radius 1 is 1.30 bits per heavy atom. The lowest BCUT2D eigenvalue weighted by atomic mass is 10.2. The highest BCUT2D eigenvalue weighted by Gasteiger charge is 2.29. The van der Waals surface area contributed by atoms with Crippen LogP contribution in [0, 0.1) is 0 Å². The van der Waals surface area contributed by atoms with Gasteiger partial charge in [0, 0.05) is 39.3 Å². The second kappa shape index (κ2) is 6.70. The van der Waals surface area contributed by atoms with Crippen molar-refractivity contribution in [2.24, 2.45) is 0 Å². The Morgan fingerprint density at radius 2 is 2.25 bits per heavy atom. The smallest absolute Gasteiger partial charge is 0.251 e. The van der Waals surface area contributed by atoms with Crippen LogP contribution in [0.4, 0.5) is 0 Å². The van der Waals surface area contributed by atoms with E-state index in [9.17, 15) is 4.79 Å². The summed E-state index contributed by atoms with van der Waals surface area (Å²) in [5.41, 5.74) is 1.38. The van der Waals surface area contributed by atoms with Crippen molar-refractivity contribution in [1.82, 2.24) is 9.80 Å². The summed E-state index contributed by atoms with van der Waals surface area (Å²) in [6.07, 6.45) is 2.81. The van der Waals surface area contributed by atoms with Crippen LogP contribution in [-0.2, 0) is 16.1 Å². The van der Waals surface area contributed by atoms with Gasteiger partial charge in [-0.3, -0.25) is 9.69 Å². The predicted octanol–water partition coefficient (Wildman–Crippen LogP) is 1.96. The van der Waals surface area contributed by atoms with Gasteiger partial charge in [-0.1, -0.05) is 0 Å². The number of thiophene rings is 1. The average molecular weight is 294 g/mol. The third kappa shape index (κ3) is 3.40. The molecule has 3 rings (SSSR count). The number of ether oxygens (including phenoxy) is 1. The molecule has 20 heavy (non-hydrogen) atoms. The van der Waals surface area contributed by atoms with Crippen LogP contribution in [0.15, 0.2) is 16.8 Å². The van der Waals surface area contributed by atoms with Crippen LogP contribution in [0.1, 0.15) is 24.8 Å². The van der Waals surface area contributed by atoms with E-state index >= 15 is 0 Å². The summed E-state index contributed by atoms with van der Waals surface area (Å²) in [6, 6.07) is 2.19. The van der Waals surface area contributed by atoms with Crippen LogP contribution in [0.3, 0.4) is 0 Å². The van der Waals surface area contributed by atoms with E-state index in [1.54, 1.807) is 11.3 Å². The van der Waals surface area contributed by atoms with Crippen molar-refractivity contribution in [1.29, 1.82) is 0 Å². The first-order valence-electron chi connectivity index (χ1n) is 7.47. The van der Waals surface area contributed by atoms with Gasteiger partial charge in [0.15, 0.2) is 0 Å². The molecule has 0 saturated carbocycles. The molecule has 2 aliphatic rings. The lowest BCUT2D eigenvalue weighted by Gasteiger charge is -2.24. The molecule has 2 fully saturated rings. The molecule has 110 valence electrons. The van der Waals surface area contributed by atoms with E-state index in [1.807, 2.05) is 4.90 Å². The summed E-state index contributed by atoms with van der Waals surface area (Å²) in [6.45, 7) is 5.50. The van der Waals surface area contributed by atoms with Gasteiger partial charge in [-0.2, -0.15) is 11.3 Å². The van der Waals surface area contributed by atoms with Crippen molar-refractivity contribution in [3.63, 3.8) is 0 Å². The zero-order valence-corrected chi connectivity index (χ0v) is 12.6. The van der Waals surface area contributed by atoms with Crippen molar-refractivity contribution in [3.05, 3.63) is 22.4 Å². The Hall–Kier alpha value is -0.910. The van der Waals surface area contributed by atoms with Gasteiger partial charge in [0.2, 0.25) is 0 Å². The van der Waals surface area contributed by atoms with Crippen LogP contribution < -0.4 is 0 Å². The molecule has 0 bridgehead atoms. The van der Waals surface area contributed by atoms with Gasteiger partial charge in [0.1, 0.15) is 6.10 Å². The fourth-order valence-corrected chi connectivity index (χ4v) is 3.63. The largest absolute Gasteiger partial charge is 0.368 e.